The van der Waals surface area contributed by atoms with E-state index in [0.29, 0.717) is 17.6 Å². The number of nitrogens with one attached hydrogen (secondary N) is 1. The maximum atomic E-state index is 5.96. The number of ether oxygens (including phenoxy) is 1. The van der Waals surface area contributed by atoms with Crippen LogP contribution in [-0.4, -0.2) is 9.97 Å². The van der Waals surface area contributed by atoms with Gasteiger partial charge in [-0.2, -0.15) is 0 Å². The summed E-state index contributed by atoms with van der Waals surface area (Å²) in [4.78, 5) is 9.11. The quantitative estimate of drug-likeness (QED) is 0.667. The molecule has 1 unspecified atom stereocenters. The lowest BCUT2D eigenvalue weighted by molar-refractivity contribution is 0.227. The molecule has 5 nitrogen and oxygen atoms in total. The van der Waals surface area contributed by atoms with Crippen molar-refractivity contribution in [3.63, 3.8) is 0 Å². The van der Waals surface area contributed by atoms with Crippen molar-refractivity contribution in [2.75, 3.05) is 5.43 Å². The summed E-state index contributed by atoms with van der Waals surface area (Å²) in [6.07, 6.45) is 1.55. The zero-order valence-corrected chi connectivity index (χ0v) is 12.3. The number of hydrogen-bond donors (Lipinski definition) is 2. The number of nitrogen functional groups attached to an aromatic ring is 1. The molecule has 110 valence electrons. The van der Waals surface area contributed by atoms with Gasteiger partial charge in [0.05, 0.1) is 0 Å². The van der Waals surface area contributed by atoms with Crippen LogP contribution < -0.4 is 16.0 Å². The molecule has 0 fully saturated rings. The molecule has 2 aromatic rings. The molecule has 0 saturated heterocycles. The van der Waals surface area contributed by atoms with Crippen LogP contribution in [0.1, 0.15) is 37.0 Å². The molecule has 5 heteroatoms. The first kappa shape index (κ1) is 13.8. The van der Waals surface area contributed by atoms with Crippen molar-refractivity contribution in [2.45, 2.75) is 32.8 Å². The number of hydrogen-bond acceptors (Lipinski definition) is 5. The molecule has 0 aliphatic carbocycles. The van der Waals surface area contributed by atoms with Gasteiger partial charge in [0.25, 0.3) is 0 Å². The number of nitrogens with zero attached hydrogens (tertiary/aromatic N) is 2. The highest BCUT2D eigenvalue weighted by atomic mass is 16.5. The van der Waals surface area contributed by atoms with Crippen molar-refractivity contribution in [3.8, 4) is 5.75 Å². The summed E-state index contributed by atoms with van der Waals surface area (Å²) >= 11 is 0. The van der Waals surface area contributed by atoms with E-state index in [0.717, 1.165) is 24.3 Å². The van der Waals surface area contributed by atoms with Crippen molar-refractivity contribution in [2.24, 2.45) is 11.8 Å². The minimum absolute atomic E-state index is 0.137. The Bertz CT molecular complexity index is 617. The molecule has 0 saturated carbocycles. The SMILES string of the molecule is CC(C)Cc1cc(NN)nc(C2Cc3ccccc3O2)n1. The highest BCUT2D eigenvalue weighted by Gasteiger charge is 2.27. The summed E-state index contributed by atoms with van der Waals surface area (Å²) in [5.74, 6) is 8.29. The number of aromatic nitrogens is 2. The van der Waals surface area contributed by atoms with Gasteiger partial charge in [-0.3, -0.25) is 0 Å². The smallest absolute Gasteiger partial charge is 0.172 e. The van der Waals surface area contributed by atoms with Crippen molar-refractivity contribution < 1.29 is 4.74 Å². The van der Waals surface area contributed by atoms with Crippen molar-refractivity contribution in [3.05, 3.63) is 47.4 Å². The number of benzene rings is 1. The molecule has 0 spiro atoms. The van der Waals surface area contributed by atoms with Gasteiger partial charge in [0.2, 0.25) is 0 Å². The number of hydrazine groups is 1. The monoisotopic (exact) mass is 284 g/mol. The predicted octanol–water partition coefficient (Wildman–Crippen LogP) is 2.64. The molecule has 1 aromatic heterocycles. The summed E-state index contributed by atoms with van der Waals surface area (Å²) in [7, 11) is 0. The van der Waals surface area contributed by atoms with Crippen LogP contribution in [0.3, 0.4) is 0 Å². The maximum Gasteiger partial charge on any atom is 0.172 e. The molecule has 3 rings (SSSR count). The number of fused-ring (bicyclic) bond motifs is 1. The average Bonchev–Trinajstić information content (AvgIpc) is 2.90. The second-order valence-corrected chi connectivity index (χ2v) is 5.76. The Balaban J connectivity index is 1.89. The van der Waals surface area contributed by atoms with Crippen LogP contribution in [0.15, 0.2) is 30.3 Å². The number of anilines is 1. The standard InChI is InChI=1S/C16H20N4O/c1-10(2)7-12-9-15(20-17)19-16(18-12)14-8-11-5-3-4-6-13(11)21-14/h3-6,9-10,14H,7-8,17H2,1-2H3,(H,18,19,20). The molecule has 0 bridgehead atoms. The molecule has 1 aliphatic rings. The van der Waals surface area contributed by atoms with E-state index in [1.54, 1.807) is 0 Å². The summed E-state index contributed by atoms with van der Waals surface area (Å²) in [5.41, 5.74) is 4.80. The van der Waals surface area contributed by atoms with Crippen LogP contribution in [0.25, 0.3) is 0 Å². The number of para-hydroxylation sites is 1. The largest absolute Gasteiger partial charge is 0.482 e. The molecular formula is C16H20N4O. The van der Waals surface area contributed by atoms with Crippen molar-refractivity contribution in [1.82, 2.24) is 9.97 Å². The Labute approximate surface area is 124 Å². The molecule has 1 aliphatic heterocycles. The average molecular weight is 284 g/mol. The van der Waals surface area contributed by atoms with Crippen molar-refractivity contribution >= 4 is 5.82 Å². The van der Waals surface area contributed by atoms with Gasteiger partial charge in [0.1, 0.15) is 11.6 Å². The van der Waals surface area contributed by atoms with E-state index in [9.17, 15) is 0 Å². The Morgan fingerprint density at radius 2 is 2.14 bits per heavy atom. The van der Waals surface area contributed by atoms with Crippen LogP contribution >= 0.6 is 0 Å². The fraction of sp³-hybridized carbons (Fsp3) is 0.375. The topological polar surface area (TPSA) is 73.1 Å². The lowest BCUT2D eigenvalue weighted by Gasteiger charge is -2.13. The molecule has 21 heavy (non-hydrogen) atoms. The molecule has 2 heterocycles. The molecule has 0 radical (unpaired) electrons. The first-order chi connectivity index (χ1) is 10.2. The van der Waals surface area contributed by atoms with Crippen LogP contribution in [0.4, 0.5) is 5.82 Å². The first-order valence-electron chi connectivity index (χ1n) is 7.24. The van der Waals surface area contributed by atoms with E-state index < -0.39 is 0 Å². The summed E-state index contributed by atoms with van der Waals surface area (Å²) in [5, 5.41) is 0. The minimum Gasteiger partial charge on any atom is -0.482 e. The molecule has 1 atom stereocenters. The predicted molar refractivity (Wildman–Crippen MR) is 81.9 cm³/mol. The van der Waals surface area contributed by atoms with Crippen LogP contribution in [0.2, 0.25) is 0 Å². The first-order valence-corrected chi connectivity index (χ1v) is 7.24. The van der Waals surface area contributed by atoms with E-state index in [2.05, 4.69) is 35.3 Å². The van der Waals surface area contributed by atoms with Gasteiger partial charge in [-0.25, -0.2) is 15.8 Å². The van der Waals surface area contributed by atoms with Gasteiger partial charge in [-0.15, -0.1) is 0 Å². The van der Waals surface area contributed by atoms with E-state index >= 15 is 0 Å². The van der Waals surface area contributed by atoms with Crippen LogP contribution in [-0.2, 0) is 12.8 Å². The van der Waals surface area contributed by atoms with Gasteiger partial charge < -0.3 is 10.2 Å². The summed E-state index contributed by atoms with van der Waals surface area (Å²) in [6, 6.07) is 9.95. The van der Waals surface area contributed by atoms with Crippen LogP contribution in [0, 0.1) is 5.92 Å². The van der Waals surface area contributed by atoms with E-state index in [1.807, 2.05) is 24.3 Å². The van der Waals surface area contributed by atoms with Gasteiger partial charge in [-0.1, -0.05) is 32.0 Å². The third kappa shape index (κ3) is 2.97. The Kier molecular flexibility index (Phi) is 3.75. The number of rotatable bonds is 4. The van der Waals surface area contributed by atoms with E-state index in [4.69, 9.17) is 10.6 Å². The lowest BCUT2D eigenvalue weighted by atomic mass is 10.1. The zero-order valence-electron chi connectivity index (χ0n) is 12.3. The minimum atomic E-state index is -0.137. The Hall–Kier alpha value is -2.14. The lowest BCUT2D eigenvalue weighted by Crippen LogP contribution is -2.16. The van der Waals surface area contributed by atoms with E-state index in [1.165, 1.54) is 5.56 Å². The van der Waals surface area contributed by atoms with Gasteiger partial charge in [0, 0.05) is 18.2 Å². The normalized spacial score (nSPS) is 16.7. The fourth-order valence-corrected chi connectivity index (χ4v) is 2.58. The zero-order chi connectivity index (χ0) is 14.8. The van der Waals surface area contributed by atoms with E-state index in [-0.39, 0.29) is 6.10 Å². The summed E-state index contributed by atoms with van der Waals surface area (Å²) in [6.45, 7) is 4.33. The Morgan fingerprint density at radius 1 is 1.33 bits per heavy atom. The molecule has 0 amide bonds. The molecule has 1 aromatic carbocycles. The molecule has 3 N–H and O–H groups in total. The highest BCUT2D eigenvalue weighted by molar-refractivity contribution is 5.40. The molecular weight excluding hydrogens is 264 g/mol. The third-order valence-corrected chi connectivity index (χ3v) is 3.50. The van der Waals surface area contributed by atoms with Crippen molar-refractivity contribution in [1.29, 1.82) is 0 Å². The highest BCUT2D eigenvalue weighted by Crippen LogP contribution is 2.35. The maximum absolute atomic E-state index is 5.96. The third-order valence-electron chi connectivity index (χ3n) is 3.50. The van der Waals surface area contributed by atoms with Gasteiger partial charge in [-0.05, 0) is 24.0 Å². The van der Waals surface area contributed by atoms with Crippen LogP contribution in [0.5, 0.6) is 5.75 Å². The van der Waals surface area contributed by atoms with Gasteiger partial charge >= 0.3 is 0 Å². The second kappa shape index (κ2) is 5.69. The Morgan fingerprint density at radius 3 is 2.86 bits per heavy atom. The summed E-state index contributed by atoms with van der Waals surface area (Å²) < 4.78 is 5.96. The van der Waals surface area contributed by atoms with Gasteiger partial charge in [0.15, 0.2) is 11.9 Å². The fourth-order valence-electron chi connectivity index (χ4n) is 2.58. The number of nitrogens with two attached hydrogens (primary N) is 1. The second-order valence-electron chi connectivity index (χ2n) is 5.76.